The Kier molecular flexibility index (Phi) is 4.60. The molecule has 0 atom stereocenters. The zero-order valence-electron chi connectivity index (χ0n) is 16.0. The molecule has 0 aliphatic heterocycles. The highest BCUT2D eigenvalue weighted by Crippen LogP contribution is 2.22. The van der Waals surface area contributed by atoms with Gasteiger partial charge in [-0.3, -0.25) is 14.5 Å². The second-order valence-corrected chi connectivity index (χ2v) is 7.18. The predicted molar refractivity (Wildman–Crippen MR) is 107 cm³/mol. The Morgan fingerprint density at radius 3 is 2.68 bits per heavy atom. The van der Waals surface area contributed by atoms with Crippen molar-refractivity contribution in [3.05, 3.63) is 55.0 Å². The van der Waals surface area contributed by atoms with Crippen molar-refractivity contribution in [1.29, 1.82) is 0 Å². The summed E-state index contributed by atoms with van der Waals surface area (Å²) < 4.78 is 3.69. The van der Waals surface area contributed by atoms with Crippen molar-refractivity contribution in [1.82, 2.24) is 29.3 Å². The average molecular weight is 375 g/mol. The minimum Gasteiger partial charge on any atom is -0.332 e. The Morgan fingerprint density at radius 2 is 1.93 bits per heavy atom. The SMILES string of the molecule is CC(C)Cn1cc(C(=O)Nc2cc3cc(-c4cncn4C)ncc3cn2)cn1. The average Bonchev–Trinajstić information content (AvgIpc) is 3.29. The lowest BCUT2D eigenvalue weighted by Gasteiger charge is -2.07. The molecule has 4 heterocycles. The topological polar surface area (TPSA) is 90.5 Å². The van der Waals surface area contributed by atoms with Crippen LogP contribution in [0.4, 0.5) is 5.82 Å². The molecular weight excluding hydrogens is 354 g/mol. The van der Waals surface area contributed by atoms with E-state index in [-0.39, 0.29) is 5.91 Å². The highest BCUT2D eigenvalue weighted by molar-refractivity contribution is 6.04. The highest BCUT2D eigenvalue weighted by atomic mass is 16.1. The number of pyridine rings is 2. The van der Waals surface area contributed by atoms with Crippen LogP contribution in [0, 0.1) is 5.92 Å². The minimum atomic E-state index is -0.234. The summed E-state index contributed by atoms with van der Waals surface area (Å²) in [6, 6.07) is 3.80. The van der Waals surface area contributed by atoms with Crippen molar-refractivity contribution in [2.24, 2.45) is 13.0 Å². The van der Waals surface area contributed by atoms with Crippen LogP contribution < -0.4 is 5.32 Å². The van der Waals surface area contributed by atoms with Crippen molar-refractivity contribution in [2.45, 2.75) is 20.4 Å². The fraction of sp³-hybridized carbons (Fsp3) is 0.250. The second kappa shape index (κ2) is 7.22. The molecule has 0 unspecified atom stereocenters. The second-order valence-electron chi connectivity index (χ2n) is 7.18. The molecule has 0 saturated carbocycles. The highest BCUT2D eigenvalue weighted by Gasteiger charge is 2.11. The van der Waals surface area contributed by atoms with Gasteiger partial charge in [0.25, 0.3) is 5.91 Å². The quantitative estimate of drug-likeness (QED) is 0.579. The van der Waals surface area contributed by atoms with E-state index >= 15 is 0 Å². The molecule has 1 N–H and O–H groups in total. The molecule has 4 aromatic heterocycles. The van der Waals surface area contributed by atoms with E-state index in [1.54, 1.807) is 42.0 Å². The Balaban J connectivity index is 1.57. The van der Waals surface area contributed by atoms with E-state index in [0.717, 1.165) is 28.7 Å². The van der Waals surface area contributed by atoms with Gasteiger partial charge in [0.15, 0.2) is 0 Å². The number of nitrogens with zero attached hydrogens (tertiary/aromatic N) is 6. The Bertz CT molecular complexity index is 1140. The molecule has 8 heteroatoms. The van der Waals surface area contributed by atoms with Crippen molar-refractivity contribution in [3.8, 4) is 11.4 Å². The van der Waals surface area contributed by atoms with Crippen LogP contribution in [0.15, 0.2) is 49.4 Å². The molecule has 0 radical (unpaired) electrons. The van der Waals surface area contributed by atoms with E-state index in [0.29, 0.717) is 17.3 Å². The summed E-state index contributed by atoms with van der Waals surface area (Å²) in [5.74, 6) is 0.708. The fourth-order valence-corrected chi connectivity index (χ4v) is 2.99. The van der Waals surface area contributed by atoms with Crippen LogP contribution in [0.25, 0.3) is 22.2 Å². The first-order valence-corrected chi connectivity index (χ1v) is 9.06. The maximum atomic E-state index is 12.5. The van der Waals surface area contributed by atoms with Gasteiger partial charge in [-0.25, -0.2) is 9.97 Å². The van der Waals surface area contributed by atoms with Crippen LogP contribution in [0.1, 0.15) is 24.2 Å². The zero-order valence-corrected chi connectivity index (χ0v) is 16.0. The van der Waals surface area contributed by atoms with Crippen molar-refractivity contribution < 1.29 is 4.79 Å². The summed E-state index contributed by atoms with van der Waals surface area (Å²) in [5, 5.41) is 8.91. The molecule has 142 valence electrons. The number of carbonyl (C=O) groups is 1. The van der Waals surface area contributed by atoms with Gasteiger partial charge < -0.3 is 9.88 Å². The predicted octanol–water partition coefficient (Wildman–Crippen LogP) is 3.14. The lowest BCUT2D eigenvalue weighted by Crippen LogP contribution is -2.12. The Labute approximate surface area is 162 Å². The Morgan fingerprint density at radius 1 is 1.11 bits per heavy atom. The summed E-state index contributed by atoms with van der Waals surface area (Å²) >= 11 is 0. The van der Waals surface area contributed by atoms with Gasteiger partial charge >= 0.3 is 0 Å². The number of hydrogen-bond donors (Lipinski definition) is 1. The number of anilines is 1. The fourth-order valence-electron chi connectivity index (χ4n) is 2.99. The third kappa shape index (κ3) is 3.62. The van der Waals surface area contributed by atoms with E-state index in [9.17, 15) is 4.79 Å². The van der Waals surface area contributed by atoms with Crippen LogP contribution in [-0.2, 0) is 13.6 Å². The molecule has 28 heavy (non-hydrogen) atoms. The number of carbonyl (C=O) groups excluding carboxylic acids is 1. The number of nitrogens with one attached hydrogen (secondary N) is 1. The maximum Gasteiger partial charge on any atom is 0.260 e. The number of aromatic nitrogens is 6. The first kappa shape index (κ1) is 17.8. The summed E-state index contributed by atoms with van der Waals surface area (Å²) in [4.78, 5) is 25.4. The molecule has 4 rings (SSSR count). The van der Waals surface area contributed by atoms with Gasteiger partial charge in [-0.1, -0.05) is 13.8 Å². The van der Waals surface area contributed by atoms with Gasteiger partial charge in [-0.15, -0.1) is 0 Å². The molecule has 0 aliphatic rings. The Hall–Kier alpha value is -3.55. The molecule has 0 aromatic carbocycles. The largest absolute Gasteiger partial charge is 0.332 e. The molecule has 4 aromatic rings. The number of fused-ring (bicyclic) bond motifs is 1. The lowest BCUT2D eigenvalue weighted by molar-refractivity contribution is 0.102. The molecule has 0 bridgehead atoms. The number of rotatable bonds is 5. The van der Waals surface area contributed by atoms with Gasteiger partial charge in [0.05, 0.1) is 35.7 Å². The molecule has 8 nitrogen and oxygen atoms in total. The van der Waals surface area contributed by atoms with E-state index < -0.39 is 0 Å². The zero-order chi connectivity index (χ0) is 19.7. The molecular formula is C20H21N7O. The monoisotopic (exact) mass is 375 g/mol. The summed E-state index contributed by atoms with van der Waals surface area (Å²) in [7, 11) is 1.92. The number of hydrogen-bond acceptors (Lipinski definition) is 5. The maximum absolute atomic E-state index is 12.5. The normalized spacial score (nSPS) is 11.3. The smallest absolute Gasteiger partial charge is 0.260 e. The summed E-state index contributed by atoms with van der Waals surface area (Å²) in [6.45, 7) is 4.98. The molecule has 1 amide bonds. The van der Waals surface area contributed by atoms with Crippen molar-refractivity contribution in [2.75, 3.05) is 5.32 Å². The number of amides is 1. The standard InChI is InChI=1S/C20H21N7O/c1-13(2)10-27-11-16(8-24-27)20(28)25-19-5-14-4-17(18-9-21-12-26(18)3)22-6-15(14)7-23-19/h4-9,11-13H,10H2,1-3H3,(H,23,25,28). The van der Waals surface area contributed by atoms with Crippen molar-refractivity contribution >= 4 is 22.5 Å². The lowest BCUT2D eigenvalue weighted by atomic mass is 10.1. The van der Waals surface area contributed by atoms with E-state index in [2.05, 4.69) is 39.2 Å². The summed E-state index contributed by atoms with van der Waals surface area (Å²) in [5.41, 5.74) is 2.24. The van der Waals surface area contributed by atoms with E-state index in [1.807, 2.05) is 23.7 Å². The van der Waals surface area contributed by atoms with Crippen LogP contribution in [0.5, 0.6) is 0 Å². The van der Waals surface area contributed by atoms with Crippen molar-refractivity contribution in [3.63, 3.8) is 0 Å². The van der Waals surface area contributed by atoms with Gasteiger partial charge in [0.2, 0.25) is 0 Å². The first-order chi connectivity index (χ1) is 13.5. The van der Waals surface area contributed by atoms with Crippen LogP contribution in [0.3, 0.4) is 0 Å². The van der Waals surface area contributed by atoms with Gasteiger partial charge in [0.1, 0.15) is 5.82 Å². The van der Waals surface area contributed by atoms with Gasteiger partial charge in [-0.2, -0.15) is 5.10 Å². The summed E-state index contributed by atoms with van der Waals surface area (Å²) in [6.07, 6.45) is 10.3. The number of imidazole rings is 1. The van der Waals surface area contributed by atoms with Crippen LogP contribution in [-0.4, -0.2) is 35.2 Å². The minimum absolute atomic E-state index is 0.234. The molecule has 0 fully saturated rings. The van der Waals surface area contributed by atoms with E-state index in [4.69, 9.17) is 0 Å². The first-order valence-electron chi connectivity index (χ1n) is 9.06. The molecule has 0 saturated heterocycles. The van der Waals surface area contributed by atoms with Gasteiger partial charge in [-0.05, 0) is 23.4 Å². The third-order valence-corrected chi connectivity index (χ3v) is 4.37. The number of aryl methyl sites for hydroxylation is 1. The molecule has 0 spiro atoms. The third-order valence-electron chi connectivity index (χ3n) is 4.37. The van der Waals surface area contributed by atoms with E-state index in [1.165, 1.54) is 0 Å². The van der Waals surface area contributed by atoms with Gasteiger partial charge in [0, 0.05) is 37.6 Å². The van der Waals surface area contributed by atoms with Crippen LogP contribution in [0.2, 0.25) is 0 Å². The van der Waals surface area contributed by atoms with Crippen LogP contribution >= 0.6 is 0 Å². The molecule has 0 aliphatic carbocycles.